The molecule has 0 aliphatic rings. The maximum absolute atomic E-state index is 13.7. The first kappa shape index (κ1) is 26.2. The Bertz CT molecular complexity index is 1240. The molecule has 0 heterocycles. The van der Waals surface area contributed by atoms with Crippen LogP contribution in [0.2, 0.25) is 5.02 Å². The van der Waals surface area contributed by atoms with Crippen LogP contribution in [0.4, 0.5) is 10.1 Å². The standard InChI is InChI=1S/C25H22BrClFN3O4/c1-15(24(32)30-21-6-4-3-5-20(21)28)25(33)31-29-13-17-11-19(26)23(22(12-17)34-2)35-14-16-7-9-18(27)10-8-16/h3-13,15H,14H2,1-2H3,(H,30,32)(H,31,33). The summed E-state index contributed by atoms with van der Waals surface area (Å²) in [6.45, 7) is 1.70. The Morgan fingerprint density at radius 2 is 1.86 bits per heavy atom. The van der Waals surface area contributed by atoms with Crippen LogP contribution in [-0.4, -0.2) is 25.1 Å². The summed E-state index contributed by atoms with van der Waals surface area (Å²) >= 11 is 9.38. The quantitative estimate of drug-likeness (QED) is 0.203. The van der Waals surface area contributed by atoms with Crippen LogP contribution < -0.4 is 20.2 Å². The van der Waals surface area contributed by atoms with Crippen molar-refractivity contribution in [3.05, 3.63) is 87.1 Å². The zero-order valence-corrected chi connectivity index (χ0v) is 21.2. The largest absolute Gasteiger partial charge is 0.493 e. The average Bonchev–Trinajstić information content (AvgIpc) is 2.84. The van der Waals surface area contributed by atoms with Gasteiger partial charge in [0.05, 0.1) is 23.5 Å². The molecule has 3 rings (SSSR count). The maximum atomic E-state index is 13.7. The van der Waals surface area contributed by atoms with Crippen LogP contribution in [0.3, 0.4) is 0 Å². The van der Waals surface area contributed by atoms with E-state index in [1.807, 2.05) is 12.1 Å². The number of hydrogen-bond donors (Lipinski definition) is 2. The maximum Gasteiger partial charge on any atom is 0.252 e. The monoisotopic (exact) mass is 561 g/mol. The first-order valence-corrected chi connectivity index (χ1v) is 11.6. The number of nitrogens with one attached hydrogen (secondary N) is 2. The van der Waals surface area contributed by atoms with Gasteiger partial charge in [-0.2, -0.15) is 5.10 Å². The smallest absolute Gasteiger partial charge is 0.252 e. The predicted octanol–water partition coefficient (Wildman–Crippen LogP) is 5.55. The molecule has 1 unspecified atom stereocenters. The van der Waals surface area contributed by atoms with E-state index < -0.39 is 23.5 Å². The number of anilines is 1. The minimum Gasteiger partial charge on any atom is -0.493 e. The van der Waals surface area contributed by atoms with Gasteiger partial charge in [-0.1, -0.05) is 35.9 Å². The molecule has 0 saturated heterocycles. The van der Waals surface area contributed by atoms with Crippen LogP contribution in [-0.2, 0) is 16.2 Å². The van der Waals surface area contributed by atoms with Crippen LogP contribution >= 0.6 is 27.5 Å². The van der Waals surface area contributed by atoms with Crippen LogP contribution in [0.15, 0.2) is 70.2 Å². The Hall–Kier alpha value is -3.43. The molecule has 10 heteroatoms. The van der Waals surface area contributed by atoms with Gasteiger partial charge >= 0.3 is 0 Å². The molecule has 1 atom stereocenters. The third-order valence-corrected chi connectivity index (χ3v) is 5.70. The summed E-state index contributed by atoms with van der Waals surface area (Å²) in [5.74, 6) is -2.04. The van der Waals surface area contributed by atoms with Crippen LogP contribution in [0, 0.1) is 11.7 Å². The van der Waals surface area contributed by atoms with Gasteiger partial charge in [0.15, 0.2) is 11.5 Å². The molecular formula is C25H22BrClFN3O4. The molecule has 0 bridgehead atoms. The second kappa shape index (κ2) is 12.3. The van der Waals surface area contributed by atoms with Gasteiger partial charge in [0, 0.05) is 5.02 Å². The van der Waals surface area contributed by atoms with Gasteiger partial charge in [0.2, 0.25) is 5.91 Å². The lowest BCUT2D eigenvalue weighted by Crippen LogP contribution is -2.34. The van der Waals surface area contributed by atoms with Crippen molar-refractivity contribution in [1.82, 2.24) is 5.43 Å². The summed E-state index contributed by atoms with van der Waals surface area (Å²) in [6.07, 6.45) is 1.40. The summed E-state index contributed by atoms with van der Waals surface area (Å²) < 4.78 is 25.7. The number of para-hydroxylation sites is 1. The third kappa shape index (κ3) is 7.27. The van der Waals surface area contributed by atoms with Crippen LogP contribution in [0.1, 0.15) is 18.1 Å². The number of methoxy groups -OCH3 is 1. The molecule has 0 aromatic heterocycles. The molecule has 0 spiro atoms. The fourth-order valence-electron chi connectivity index (χ4n) is 2.88. The Labute approximate surface area is 215 Å². The van der Waals surface area contributed by atoms with E-state index >= 15 is 0 Å². The zero-order chi connectivity index (χ0) is 25.4. The summed E-state index contributed by atoms with van der Waals surface area (Å²) in [7, 11) is 1.51. The van der Waals surface area contributed by atoms with Crippen molar-refractivity contribution < 1.29 is 23.5 Å². The second-order valence-electron chi connectivity index (χ2n) is 7.37. The summed E-state index contributed by atoms with van der Waals surface area (Å²) in [4.78, 5) is 24.5. The second-order valence-corrected chi connectivity index (χ2v) is 8.67. The fourth-order valence-corrected chi connectivity index (χ4v) is 3.58. The minimum atomic E-state index is -1.10. The lowest BCUT2D eigenvalue weighted by atomic mass is 10.1. The summed E-state index contributed by atoms with van der Waals surface area (Å²) in [5, 5.41) is 6.94. The molecule has 0 aliphatic heterocycles. The number of nitrogens with zero attached hydrogens (tertiary/aromatic N) is 1. The SMILES string of the molecule is COc1cc(C=NNC(=O)C(C)C(=O)Nc2ccccc2F)cc(Br)c1OCc1ccc(Cl)cc1. The molecule has 2 amide bonds. The Morgan fingerprint density at radius 3 is 2.54 bits per heavy atom. The number of hydrazone groups is 1. The van der Waals surface area contributed by atoms with Gasteiger partial charge in [0.25, 0.3) is 5.91 Å². The number of halogens is 3. The lowest BCUT2D eigenvalue weighted by molar-refractivity contribution is -0.131. The number of hydrogen-bond acceptors (Lipinski definition) is 5. The van der Waals surface area contributed by atoms with Gasteiger partial charge < -0.3 is 14.8 Å². The molecular weight excluding hydrogens is 541 g/mol. The van der Waals surface area contributed by atoms with E-state index in [2.05, 4.69) is 31.8 Å². The predicted molar refractivity (Wildman–Crippen MR) is 136 cm³/mol. The number of benzene rings is 3. The van der Waals surface area contributed by atoms with Crippen molar-refractivity contribution in [3.63, 3.8) is 0 Å². The Morgan fingerprint density at radius 1 is 1.14 bits per heavy atom. The number of amides is 2. The highest BCUT2D eigenvalue weighted by Gasteiger charge is 2.22. The van der Waals surface area contributed by atoms with E-state index in [-0.39, 0.29) is 5.69 Å². The van der Waals surface area contributed by atoms with E-state index in [1.54, 1.807) is 30.3 Å². The van der Waals surface area contributed by atoms with Gasteiger partial charge in [0.1, 0.15) is 18.3 Å². The molecule has 3 aromatic carbocycles. The Balaban J connectivity index is 1.61. The first-order valence-electron chi connectivity index (χ1n) is 10.4. The molecule has 0 radical (unpaired) electrons. The van der Waals surface area contributed by atoms with Gasteiger partial charge in [-0.25, -0.2) is 9.82 Å². The lowest BCUT2D eigenvalue weighted by Gasteiger charge is -2.14. The van der Waals surface area contributed by atoms with E-state index in [0.717, 1.165) is 5.56 Å². The molecule has 182 valence electrons. The summed E-state index contributed by atoms with van der Waals surface area (Å²) in [6, 6.07) is 16.4. The third-order valence-electron chi connectivity index (χ3n) is 4.85. The summed E-state index contributed by atoms with van der Waals surface area (Å²) in [5.41, 5.74) is 3.85. The molecule has 7 nitrogen and oxygen atoms in total. The molecule has 2 N–H and O–H groups in total. The van der Waals surface area contributed by atoms with Crippen LogP contribution in [0.5, 0.6) is 11.5 Å². The Kier molecular flexibility index (Phi) is 9.22. The number of rotatable bonds is 9. The van der Waals surface area contributed by atoms with Gasteiger partial charge in [-0.05, 0) is 70.4 Å². The molecule has 3 aromatic rings. The average molecular weight is 563 g/mol. The van der Waals surface area contributed by atoms with Crippen molar-refractivity contribution in [3.8, 4) is 11.5 Å². The van der Waals surface area contributed by atoms with Crippen molar-refractivity contribution in [1.29, 1.82) is 0 Å². The zero-order valence-electron chi connectivity index (χ0n) is 18.8. The van der Waals surface area contributed by atoms with Gasteiger partial charge in [-0.15, -0.1) is 0 Å². The number of ether oxygens (including phenoxy) is 2. The first-order chi connectivity index (χ1) is 16.8. The van der Waals surface area contributed by atoms with Crippen molar-refractivity contribution in [2.24, 2.45) is 11.0 Å². The number of carbonyl (C=O) groups is 2. The van der Waals surface area contributed by atoms with E-state index in [1.165, 1.54) is 38.4 Å². The van der Waals surface area contributed by atoms with E-state index in [4.69, 9.17) is 21.1 Å². The van der Waals surface area contributed by atoms with Crippen molar-refractivity contribution in [2.45, 2.75) is 13.5 Å². The molecule has 35 heavy (non-hydrogen) atoms. The highest BCUT2D eigenvalue weighted by Crippen LogP contribution is 2.37. The fraction of sp³-hybridized carbons (Fsp3) is 0.160. The minimum absolute atomic E-state index is 0.00373. The van der Waals surface area contributed by atoms with Crippen LogP contribution in [0.25, 0.3) is 0 Å². The highest BCUT2D eigenvalue weighted by molar-refractivity contribution is 9.10. The van der Waals surface area contributed by atoms with E-state index in [0.29, 0.717) is 33.2 Å². The topological polar surface area (TPSA) is 89.0 Å². The normalized spacial score (nSPS) is 11.7. The molecule has 0 saturated carbocycles. The van der Waals surface area contributed by atoms with Gasteiger partial charge in [-0.3, -0.25) is 9.59 Å². The molecule has 0 aliphatic carbocycles. The molecule has 0 fully saturated rings. The highest BCUT2D eigenvalue weighted by atomic mass is 79.9. The number of carbonyl (C=O) groups excluding carboxylic acids is 2. The van der Waals surface area contributed by atoms with Crippen molar-refractivity contribution in [2.75, 3.05) is 12.4 Å². The van der Waals surface area contributed by atoms with E-state index in [9.17, 15) is 14.0 Å². The van der Waals surface area contributed by atoms with Crippen molar-refractivity contribution >= 4 is 51.2 Å².